The van der Waals surface area contributed by atoms with E-state index < -0.39 is 10.0 Å². The molecule has 2 N–H and O–H groups in total. The van der Waals surface area contributed by atoms with Crippen molar-refractivity contribution in [3.05, 3.63) is 17.0 Å². The third-order valence-electron chi connectivity index (χ3n) is 2.52. The average Bonchev–Trinajstić information content (AvgIpc) is 2.84. The van der Waals surface area contributed by atoms with Gasteiger partial charge in [0.15, 0.2) is 0 Å². The number of hydrogen-bond acceptors (Lipinski definition) is 5. The van der Waals surface area contributed by atoms with E-state index in [-0.39, 0.29) is 5.92 Å². The Kier molecular flexibility index (Phi) is 6.95. The van der Waals surface area contributed by atoms with Gasteiger partial charge in [0.05, 0.1) is 0 Å². The van der Waals surface area contributed by atoms with Crippen LogP contribution in [0.1, 0.15) is 18.7 Å². The molecule has 5 nitrogen and oxygen atoms in total. The van der Waals surface area contributed by atoms with Crippen LogP contribution in [0.3, 0.4) is 0 Å². The van der Waals surface area contributed by atoms with Crippen LogP contribution in [0.4, 0.5) is 0 Å². The van der Waals surface area contributed by atoms with Gasteiger partial charge in [-0.25, -0.2) is 13.1 Å². The maximum atomic E-state index is 12.1. The van der Waals surface area contributed by atoms with Crippen LogP contribution in [0.2, 0.25) is 0 Å². The van der Waals surface area contributed by atoms with E-state index in [4.69, 9.17) is 4.74 Å². The zero-order chi connectivity index (χ0) is 14.3. The lowest BCUT2D eigenvalue weighted by Gasteiger charge is -2.10. The van der Waals surface area contributed by atoms with Crippen LogP contribution in [-0.2, 0) is 21.3 Å². The number of sulfonamides is 1. The van der Waals surface area contributed by atoms with Crippen molar-refractivity contribution < 1.29 is 13.2 Å². The van der Waals surface area contributed by atoms with Crippen molar-refractivity contribution >= 4 is 21.4 Å². The predicted octanol–water partition coefficient (Wildman–Crippen LogP) is 1.42. The van der Waals surface area contributed by atoms with Crippen LogP contribution in [0.5, 0.6) is 0 Å². The second-order valence-corrected chi connectivity index (χ2v) is 7.58. The topological polar surface area (TPSA) is 67.4 Å². The summed E-state index contributed by atoms with van der Waals surface area (Å²) in [5.41, 5.74) is 0. The Labute approximate surface area is 119 Å². The zero-order valence-electron chi connectivity index (χ0n) is 11.6. The summed E-state index contributed by atoms with van der Waals surface area (Å²) in [6.45, 7) is 6.46. The van der Waals surface area contributed by atoms with Crippen LogP contribution < -0.4 is 10.0 Å². The molecule has 0 aliphatic rings. The first-order valence-electron chi connectivity index (χ1n) is 6.27. The monoisotopic (exact) mass is 306 g/mol. The Balaban J connectivity index is 2.59. The molecule has 0 radical (unpaired) electrons. The molecule has 1 rings (SSSR count). The molecule has 0 spiro atoms. The molecule has 0 saturated heterocycles. The third kappa shape index (κ3) is 5.58. The van der Waals surface area contributed by atoms with Gasteiger partial charge in [0, 0.05) is 31.7 Å². The number of nitrogens with one attached hydrogen (secondary N) is 2. The number of rotatable bonds is 9. The summed E-state index contributed by atoms with van der Waals surface area (Å²) in [4.78, 5) is 1.02. The first-order valence-corrected chi connectivity index (χ1v) is 8.57. The quantitative estimate of drug-likeness (QED) is 0.724. The van der Waals surface area contributed by atoms with Crippen LogP contribution in [0.25, 0.3) is 0 Å². The number of thiophene rings is 1. The van der Waals surface area contributed by atoms with Crippen LogP contribution in [-0.4, -0.2) is 35.2 Å². The van der Waals surface area contributed by atoms with Gasteiger partial charge in [-0.15, -0.1) is 11.3 Å². The molecule has 1 aromatic heterocycles. The van der Waals surface area contributed by atoms with Gasteiger partial charge in [-0.2, -0.15) is 0 Å². The highest BCUT2D eigenvalue weighted by molar-refractivity contribution is 7.91. The molecule has 110 valence electrons. The Bertz CT molecular complexity index is 471. The second-order valence-electron chi connectivity index (χ2n) is 4.41. The molecule has 0 saturated carbocycles. The van der Waals surface area contributed by atoms with E-state index >= 15 is 0 Å². The van der Waals surface area contributed by atoms with Crippen molar-refractivity contribution in [3.8, 4) is 0 Å². The van der Waals surface area contributed by atoms with E-state index in [9.17, 15) is 8.42 Å². The summed E-state index contributed by atoms with van der Waals surface area (Å²) in [6, 6.07) is 3.50. The maximum absolute atomic E-state index is 12.1. The van der Waals surface area contributed by atoms with Gasteiger partial charge < -0.3 is 10.1 Å². The van der Waals surface area contributed by atoms with Crippen molar-refractivity contribution in [1.82, 2.24) is 10.0 Å². The Morgan fingerprint density at radius 2 is 2.16 bits per heavy atom. The molecule has 0 amide bonds. The number of hydrogen-bond donors (Lipinski definition) is 2. The molecule has 1 heterocycles. The summed E-state index contributed by atoms with van der Waals surface area (Å²) >= 11 is 1.30. The van der Waals surface area contributed by atoms with Gasteiger partial charge >= 0.3 is 0 Å². The summed E-state index contributed by atoms with van der Waals surface area (Å²) in [7, 11) is -1.78. The molecule has 7 heteroatoms. The Hall–Kier alpha value is -0.470. The van der Waals surface area contributed by atoms with Crippen molar-refractivity contribution in [3.63, 3.8) is 0 Å². The fourth-order valence-corrected chi connectivity index (χ4v) is 4.05. The molecule has 0 aromatic carbocycles. The summed E-state index contributed by atoms with van der Waals surface area (Å²) in [5.74, 6) is 0.154. The Morgan fingerprint density at radius 1 is 1.42 bits per heavy atom. The van der Waals surface area contributed by atoms with E-state index in [1.54, 1.807) is 13.2 Å². The largest absolute Gasteiger partial charge is 0.384 e. The number of ether oxygens (including phenoxy) is 1. The van der Waals surface area contributed by atoms with Gasteiger partial charge in [0.1, 0.15) is 4.21 Å². The highest BCUT2D eigenvalue weighted by Crippen LogP contribution is 2.21. The van der Waals surface area contributed by atoms with Crippen LogP contribution in [0.15, 0.2) is 16.3 Å². The van der Waals surface area contributed by atoms with Crippen LogP contribution >= 0.6 is 11.3 Å². The van der Waals surface area contributed by atoms with Crippen molar-refractivity contribution in [2.45, 2.75) is 24.6 Å². The minimum Gasteiger partial charge on any atom is -0.384 e. The first kappa shape index (κ1) is 16.6. The molecular weight excluding hydrogens is 284 g/mol. The molecule has 0 aliphatic carbocycles. The zero-order valence-corrected chi connectivity index (χ0v) is 13.2. The summed E-state index contributed by atoms with van der Waals surface area (Å²) in [6.07, 6.45) is 0. The SMILES string of the molecule is CCNCc1ccc(S(=O)(=O)NCC(C)COC)s1. The fraction of sp³-hybridized carbons (Fsp3) is 0.667. The summed E-state index contributed by atoms with van der Waals surface area (Å²) < 4.78 is 32.1. The van der Waals surface area contributed by atoms with Gasteiger partial charge in [-0.3, -0.25) is 0 Å². The minimum absolute atomic E-state index is 0.154. The normalized spacial score (nSPS) is 13.6. The summed E-state index contributed by atoms with van der Waals surface area (Å²) in [5, 5.41) is 3.17. The molecule has 1 aromatic rings. The maximum Gasteiger partial charge on any atom is 0.250 e. The van der Waals surface area contributed by atoms with Gasteiger partial charge in [-0.05, 0) is 24.6 Å². The molecular formula is C12H22N2O3S2. The van der Waals surface area contributed by atoms with Crippen molar-refractivity contribution in [2.75, 3.05) is 26.8 Å². The average molecular weight is 306 g/mol. The van der Waals surface area contributed by atoms with E-state index in [0.29, 0.717) is 23.9 Å². The lowest BCUT2D eigenvalue weighted by Crippen LogP contribution is -2.29. The standard InChI is InChI=1S/C12H22N2O3S2/c1-4-13-8-11-5-6-12(18-11)19(15,16)14-7-10(2)9-17-3/h5-6,10,13-14H,4,7-9H2,1-3H3. The van der Waals surface area contributed by atoms with Crippen molar-refractivity contribution in [1.29, 1.82) is 0 Å². The van der Waals surface area contributed by atoms with E-state index in [2.05, 4.69) is 10.0 Å². The number of methoxy groups -OCH3 is 1. The molecule has 0 aliphatic heterocycles. The second kappa shape index (κ2) is 7.96. The minimum atomic E-state index is -3.39. The first-order chi connectivity index (χ1) is 8.99. The molecule has 1 unspecified atom stereocenters. The van der Waals surface area contributed by atoms with E-state index in [1.165, 1.54) is 11.3 Å². The molecule has 1 atom stereocenters. The van der Waals surface area contributed by atoms with Crippen molar-refractivity contribution in [2.24, 2.45) is 5.92 Å². The van der Waals surface area contributed by atoms with E-state index in [0.717, 1.165) is 11.4 Å². The molecule has 0 fully saturated rings. The highest BCUT2D eigenvalue weighted by Gasteiger charge is 2.17. The predicted molar refractivity (Wildman–Crippen MR) is 77.9 cm³/mol. The van der Waals surface area contributed by atoms with Crippen LogP contribution in [0, 0.1) is 5.92 Å². The highest BCUT2D eigenvalue weighted by atomic mass is 32.2. The Morgan fingerprint density at radius 3 is 2.79 bits per heavy atom. The lowest BCUT2D eigenvalue weighted by atomic mass is 10.2. The van der Waals surface area contributed by atoms with Gasteiger partial charge in [0.2, 0.25) is 10.0 Å². The fourth-order valence-electron chi connectivity index (χ4n) is 1.51. The van der Waals surface area contributed by atoms with E-state index in [1.807, 2.05) is 19.9 Å². The lowest BCUT2D eigenvalue weighted by molar-refractivity contribution is 0.161. The van der Waals surface area contributed by atoms with Gasteiger partial charge in [-0.1, -0.05) is 13.8 Å². The third-order valence-corrected chi connectivity index (χ3v) is 5.52. The van der Waals surface area contributed by atoms with Gasteiger partial charge in [0.25, 0.3) is 0 Å². The molecule has 0 bridgehead atoms. The smallest absolute Gasteiger partial charge is 0.250 e. The molecule has 19 heavy (non-hydrogen) atoms.